The molecule has 0 atom stereocenters. The van der Waals surface area contributed by atoms with E-state index in [1.165, 1.54) is 5.56 Å². The molecule has 0 spiro atoms. The summed E-state index contributed by atoms with van der Waals surface area (Å²) in [5.41, 5.74) is 5.30. The van der Waals surface area contributed by atoms with Crippen LogP contribution >= 0.6 is 0 Å². The summed E-state index contributed by atoms with van der Waals surface area (Å²) in [6, 6.07) is 11.7. The number of hydrogen-bond donors (Lipinski definition) is 2. The molecule has 0 heterocycles. The minimum absolute atomic E-state index is 0.156. The topological polar surface area (TPSA) is 50.4 Å². The quantitative estimate of drug-likeness (QED) is 0.412. The van der Waals surface area contributed by atoms with Crippen molar-refractivity contribution in [3.8, 4) is 0 Å². The second-order valence-corrected chi connectivity index (χ2v) is 5.35. The van der Waals surface area contributed by atoms with Gasteiger partial charge in [-0.1, -0.05) is 30.3 Å². The molecule has 0 aromatic heterocycles. The van der Waals surface area contributed by atoms with E-state index in [1.54, 1.807) is 0 Å². The number of amides is 1. The molecule has 25 heavy (non-hydrogen) atoms. The summed E-state index contributed by atoms with van der Waals surface area (Å²) in [7, 11) is 0. The summed E-state index contributed by atoms with van der Waals surface area (Å²) in [6.45, 7) is 0.976. The lowest BCUT2D eigenvalue weighted by Crippen LogP contribution is -2.30. The average Bonchev–Trinajstić information content (AvgIpc) is 2.63. The van der Waals surface area contributed by atoms with Gasteiger partial charge in [0.05, 0.1) is 12.3 Å². The van der Waals surface area contributed by atoms with Crippen molar-refractivity contribution in [2.24, 2.45) is 0 Å². The molecule has 7 heteroatoms. The minimum atomic E-state index is -1.59. The highest BCUT2D eigenvalue weighted by Gasteiger charge is 2.13. The van der Waals surface area contributed by atoms with Crippen LogP contribution in [-0.4, -0.2) is 19.1 Å². The van der Waals surface area contributed by atoms with E-state index in [-0.39, 0.29) is 12.1 Å². The second kappa shape index (κ2) is 9.68. The summed E-state index contributed by atoms with van der Waals surface area (Å²) in [4.78, 5) is 11.6. The minimum Gasteiger partial charge on any atom is -0.381 e. The number of halogens is 3. The van der Waals surface area contributed by atoms with Crippen LogP contribution < -0.4 is 10.9 Å². The van der Waals surface area contributed by atoms with Crippen LogP contribution in [0.5, 0.6) is 0 Å². The van der Waals surface area contributed by atoms with Crippen LogP contribution in [0.4, 0.5) is 18.9 Å². The number of ether oxygens (including phenoxy) is 1. The van der Waals surface area contributed by atoms with Gasteiger partial charge in [0, 0.05) is 13.0 Å². The molecule has 0 bridgehead atoms. The molecule has 2 aromatic rings. The standard InChI is InChI=1S/C18H19F3N2O2/c19-14-8-9-15(18(21)17(14)20)22-23-16(24)7-4-11-25-12-10-13-5-2-1-3-6-13/h1-3,5-6,8-9,22H,4,7,10-12H2,(H,23,24). The number of rotatable bonds is 9. The van der Waals surface area contributed by atoms with E-state index < -0.39 is 23.4 Å². The lowest BCUT2D eigenvalue weighted by atomic mass is 10.2. The molecular formula is C18H19F3N2O2. The maximum Gasteiger partial charge on any atom is 0.238 e. The highest BCUT2D eigenvalue weighted by Crippen LogP contribution is 2.18. The van der Waals surface area contributed by atoms with Crippen LogP contribution in [0.25, 0.3) is 0 Å². The smallest absolute Gasteiger partial charge is 0.238 e. The van der Waals surface area contributed by atoms with Gasteiger partial charge in [-0.15, -0.1) is 0 Å². The second-order valence-electron chi connectivity index (χ2n) is 5.35. The lowest BCUT2D eigenvalue weighted by Gasteiger charge is -2.10. The number of hydrogen-bond acceptors (Lipinski definition) is 3. The maximum atomic E-state index is 13.4. The number of hydrazine groups is 1. The first-order chi connectivity index (χ1) is 12.1. The Morgan fingerprint density at radius 3 is 2.48 bits per heavy atom. The van der Waals surface area contributed by atoms with Crippen molar-refractivity contribution >= 4 is 11.6 Å². The number of carbonyl (C=O) groups excluding carboxylic acids is 1. The molecule has 0 fully saturated rings. The highest BCUT2D eigenvalue weighted by molar-refractivity contribution is 5.77. The van der Waals surface area contributed by atoms with Gasteiger partial charge >= 0.3 is 0 Å². The Kier molecular flexibility index (Phi) is 7.28. The predicted octanol–water partition coefficient (Wildman–Crippen LogP) is 3.59. The van der Waals surface area contributed by atoms with E-state index in [9.17, 15) is 18.0 Å². The molecule has 0 saturated heterocycles. The summed E-state index contributed by atoms with van der Waals surface area (Å²) in [6.07, 6.45) is 1.44. The van der Waals surface area contributed by atoms with Gasteiger partial charge in [0.25, 0.3) is 0 Å². The van der Waals surface area contributed by atoms with Gasteiger partial charge in [0.1, 0.15) is 0 Å². The largest absolute Gasteiger partial charge is 0.381 e. The molecule has 2 aromatic carbocycles. The van der Waals surface area contributed by atoms with Crippen LogP contribution in [0.3, 0.4) is 0 Å². The molecule has 1 amide bonds. The van der Waals surface area contributed by atoms with E-state index in [0.29, 0.717) is 19.6 Å². The number of carbonyl (C=O) groups is 1. The van der Waals surface area contributed by atoms with Crippen molar-refractivity contribution in [1.82, 2.24) is 5.43 Å². The van der Waals surface area contributed by atoms with E-state index >= 15 is 0 Å². The summed E-state index contributed by atoms with van der Waals surface area (Å²) >= 11 is 0. The molecule has 0 unspecified atom stereocenters. The van der Waals surface area contributed by atoms with E-state index in [4.69, 9.17) is 4.74 Å². The number of nitrogens with one attached hydrogen (secondary N) is 2. The van der Waals surface area contributed by atoms with Crippen molar-refractivity contribution in [1.29, 1.82) is 0 Å². The molecule has 2 N–H and O–H groups in total. The summed E-state index contributed by atoms with van der Waals surface area (Å²) in [5.74, 6) is -4.67. The number of benzene rings is 2. The van der Waals surface area contributed by atoms with Crippen molar-refractivity contribution in [2.45, 2.75) is 19.3 Å². The first-order valence-corrected chi connectivity index (χ1v) is 7.88. The van der Waals surface area contributed by atoms with Crippen LogP contribution in [0.1, 0.15) is 18.4 Å². The average molecular weight is 352 g/mol. The van der Waals surface area contributed by atoms with Crippen molar-refractivity contribution in [3.05, 3.63) is 65.5 Å². The van der Waals surface area contributed by atoms with Gasteiger partial charge in [0.15, 0.2) is 17.5 Å². The first kappa shape index (κ1) is 18.8. The van der Waals surface area contributed by atoms with E-state index in [2.05, 4.69) is 10.9 Å². The Hall–Kier alpha value is -2.54. The molecule has 2 rings (SSSR count). The lowest BCUT2D eigenvalue weighted by molar-refractivity contribution is -0.120. The van der Waals surface area contributed by atoms with Gasteiger partial charge in [-0.05, 0) is 30.5 Å². The first-order valence-electron chi connectivity index (χ1n) is 7.88. The van der Waals surface area contributed by atoms with Gasteiger partial charge in [-0.2, -0.15) is 0 Å². The van der Waals surface area contributed by atoms with Crippen LogP contribution in [0, 0.1) is 17.5 Å². The van der Waals surface area contributed by atoms with E-state index in [0.717, 1.165) is 18.6 Å². The Morgan fingerprint density at radius 2 is 1.72 bits per heavy atom. The molecule has 0 radical (unpaired) electrons. The zero-order chi connectivity index (χ0) is 18.1. The normalized spacial score (nSPS) is 10.5. The third-order valence-corrected chi connectivity index (χ3v) is 3.44. The zero-order valence-corrected chi connectivity index (χ0v) is 13.5. The van der Waals surface area contributed by atoms with Crippen molar-refractivity contribution < 1.29 is 22.7 Å². The zero-order valence-electron chi connectivity index (χ0n) is 13.5. The van der Waals surface area contributed by atoms with Crippen LogP contribution in [0.15, 0.2) is 42.5 Å². The highest BCUT2D eigenvalue weighted by atomic mass is 19.2. The Labute approximate surface area is 144 Å². The number of anilines is 1. The SMILES string of the molecule is O=C(CCCOCCc1ccccc1)NNc1ccc(F)c(F)c1F. The monoisotopic (exact) mass is 352 g/mol. The molecule has 4 nitrogen and oxygen atoms in total. The molecule has 0 aliphatic heterocycles. The Morgan fingerprint density at radius 1 is 0.960 bits per heavy atom. The third-order valence-electron chi connectivity index (χ3n) is 3.44. The fourth-order valence-corrected chi connectivity index (χ4v) is 2.09. The van der Waals surface area contributed by atoms with Crippen molar-refractivity contribution in [2.75, 3.05) is 18.6 Å². The van der Waals surface area contributed by atoms with Gasteiger partial charge in [0.2, 0.25) is 5.91 Å². The molecular weight excluding hydrogens is 333 g/mol. The fourth-order valence-electron chi connectivity index (χ4n) is 2.09. The van der Waals surface area contributed by atoms with Crippen molar-refractivity contribution in [3.63, 3.8) is 0 Å². The predicted molar refractivity (Wildman–Crippen MR) is 88.3 cm³/mol. The molecule has 0 aliphatic rings. The van der Waals surface area contributed by atoms with E-state index in [1.807, 2.05) is 30.3 Å². The molecule has 0 aliphatic carbocycles. The van der Waals surface area contributed by atoms with Gasteiger partial charge < -0.3 is 4.74 Å². The molecule has 0 saturated carbocycles. The fraction of sp³-hybridized carbons (Fsp3) is 0.278. The van der Waals surface area contributed by atoms with Gasteiger partial charge in [-0.3, -0.25) is 15.6 Å². The van der Waals surface area contributed by atoms with Crippen LogP contribution in [0.2, 0.25) is 0 Å². The van der Waals surface area contributed by atoms with Gasteiger partial charge in [-0.25, -0.2) is 13.2 Å². The molecule has 134 valence electrons. The Bertz CT molecular complexity index is 696. The third kappa shape index (κ3) is 6.11. The Balaban J connectivity index is 1.59. The van der Waals surface area contributed by atoms with Crippen LogP contribution in [-0.2, 0) is 16.0 Å². The summed E-state index contributed by atoms with van der Waals surface area (Å²) < 4.78 is 44.7. The maximum absolute atomic E-state index is 13.4. The summed E-state index contributed by atoms with van der Waals surface area (Å²) in [5, 5.41) is 0.